The summed E-state index contributed by atoms with van der Waals surface area (Å²) in [6.07, 6.45) is 5.59. The standard InChI is InChI=1S/C11H11BrN2O2/c12-10-7-14(5-8(4-13)11(10)15)6-9-2-1-3-16-9/h5,7,9H,1-3,6H2/t9-/m1/s1. The molecule has 0 unspecified atom stereocenters. The molecule has 16 heavy (non-hydrogen) atoms. The van der Waals surface area contributed by atoms with Gasteiger partial charge in [-0.3, -0.25) is 4.79 Å². The number of hydrogen-bond acceptors (Lipinski definition) is 3. The van der Waals surface area contributed by atoms with Crippen molar-refractivity contribution in [3.05, 3.63) is 32.7 Å². The molecule has 0 aromatic carbocycles. The van der Waals surface area contributed by atoms with Crippen LogP contribution in [0.2, 0.25) is 0 Å². The minimum absolute atomic E-state index is 0.160. The van der Waals surface area contributed by atoms with Gasteiger partial charge in [0, 0.05) is 25.5 Å². The summed E-state index contributed by atoms with van der Waals surface area (Å²) in [7, 11) is 0. The molecule has 2 heterocycles. The van der Waals surface area contributed by atoms with E-state index < -0.39 is 0 Å². The van der Waals surface area contributed by atoms with Crippen molar-refractivity contribution in [3.8, 4) is 6.07 Å². The van der Waals surface area contributed by atoms with E-state index in [9.17, 15) is 4.79 Å². The Morgan fingerprint density at radius 2 is 2.44 bits per heavy atom. The number of pyridine rings is 1. The Morgan fingerprint density at radius 3 is 3.06 bits per heavy atom. The first kappa shape index (κ1) is 11.4. The molecule has 0 saturated carbocycles. The van der Waals surface area contributed by atoms with Crippen LogP contribution in [0, 0.1) is 11.3 Å². The van der Waals surface area contributed by atoms with Gasteiger partial charge in [0.2, 0.25) is 5.43 Å². The molecule has 1 aliphatic heterocycles. The topological polar surface area (TPSA) is 55.0 Å². The van der Waals surface area contributed by atoms with E-state index in [1.165, 1.54) is 0 Å². The summed E-state index contributed by atoms with van der Waals surface area (Å²) >= 11 is 3.16. The molecule has 1 fully saturated rings. The first-order valence-electron chi connectivity index (χ1n) is 5.12. The second kappa shape index (κ2) is 4.81. The molecule has 1 aromatic rings. The Labute approximate surface area is 102 Å². The highest BCUT2D eigenvalue weighted by Gasteiger charge is 2.16. The SMILES string of the molecule is N#Cc1cn(C[C@H]2CCCO2)cc(Br)c1=O. The van der Waals surface area contributed by atoms with Gasteiger partial charge >= 0.3 is 0 Å². The lowest BCUT2D eigenvalue weighted by Crippen LogP contribution is -2.18. The van der Waals surface area contributed by atoms with Gasteiger partial charge in [-0.15, -0.1) is 0 Å². The van der Waals surface area contributed by atoms with E-state index in [4.69, 9.17) is 10.00 Å². The quantitative estimate of drug-likeness (QED) is 0.829. The number of nitrogens with zero attached hydrogens (tertiary/aromatic N) is 2. The van der Waals surface area contributed by atoms with Gasteiger partial charge in [0.1, 0.15) is 11.6 Å². The number of nitriles is 1. The van der Waals surface area contributed by atoms with Crippen LogP contribution < -0.4 is 5.43 Å². The summed E-state index contributed by atoms with van der Waals surface area (Å²) in [5.41, 5.74) is -0.0986. The predicted molar refractivity (Wildman–Crippen MR) is 62.1 cm³/mol. The number of halogens is 1. The molecule has 0 spiro atoms. The summed E-state index contributed by atoms with van der Waals surface area (Å²) in [4.78, 5) is 11.5. The average Bonchev–Trinajstić information content (AvgIpc) is 2.76. The average molecular weight is 283 g/mol. The van der Waals surface area contributed by atoms with Crippen molar-refractivity contribution < 1.29 is 4.74 Å². The van der Waals surface area contributed by atoms with E-state index >= 15 is 0 Å². The van der Waals surface area contributed by atoms with Crippen molar-refractivity contribution in [3.63, 3.8) is 0 Å². The molecule has 1 atom stereocenters. The summed E-state index contributed by atoms with van der Waals surface area (Å²) < 4.78 is 7.76. The molecular weight excluding hydrogens is 272 g/mol. The summed E-state index contributed by atoms with van der Waals surface area (Å²) in [5.74, 6) is 0. The third-order valence-corrected chi connectivity index (χ3v) is 3.16. The molecule has 0 N–H and O–H groups in total. The van der Waals surface area contributed by atoms with Crippen LogP contribution in [0.4, 0.5) is 0 Å². The predicted octanol–water partition coefficient (Wildman–Crippen LogP) is 1.66. The van der Waals surface area contributed by atoms with Crippen molar-refractivity contribution in [2.45, 2.75) is 25.5 Å². The lowest BCUT2D eigenvalue weighted by Gasteiger charge is -2.12. The zero-order valence-corrected chi connectivity index (χ0v) is 10.2. The molecule has 1 aliphatic rings. The maximum atomic E-state index is 11.5. The zero-order valence-electron chi connectivity index (χ0n) is 8.65. The number of ether oxygens (including phenoxy) is 1. The maximum Gasteiger partial charge on any atom is 0.213 e. The molecule has 0 bridgehead atoms. The number of rotatable bonds is 2. The number of aromatic nitrogens is 1. The van der Waals surface area contributed by atoms with Gasteiger partial charge in [-0.05, 0) is 28.8 Å². The molecule has 4 nitrogen and oxygen atoms in total. The summed E-state index contributed by atoms with van der Waals surface area (Å²) in [5, 5.41) is 8.81. The second-order valence-electron chi connectivity index (χ2n) is 3.79. The second-order valence-corrected chi connectivity index (χ2v) is 4.65. The minimum atomic E-state index is -0.258. The van der Waals surface area contributed by atoms with Crippen LogP contribution in [-0.4, -0.2) is 17.3 Å². The Hall–Kier alpha value is -1.12. The van der Waals surface area contributed by atoms with Crippen molar-refractivity contribution in [1.29, 1.82) is 5.26 Å². The third kappa shape index (κ3) is 2.34. The first-order valence-corrected chi connectivity index (χ1v) is 5.91. The van der Waals surface area contributed by atoms with E-state index in [0.717, 1.165) is 19.4 Å². The van der Waals surface area contributed by atoms with E-state index in [2.05, 4.69) is 15.9 Å². The fourth-order valence-corrected chi connectivity index (χ4v) is 2.28. The lowest BCUT2D eigenvalue weighted by molar-refractivity contribution is 0.0968. The molecule has 84 valence electrons. The van der Waals surface area contributed by atoms with Crippen LogP contribution in [0.25, 0.3) is 0 Å². The van der Waals surface area contributed by atoms with Crippen LogP contribution in [0.15, 0.2) is 21.7 Å². The Balaban J connectivity index is 2.25. The van der Waals surface area contributed by atoms with Crippen molar-refractivity contribution >= 4 is 15.9 Å². The van der Waals surface area contributed by atoms with Crippen molar-refractivity contribution in [2.75, 3.05) is 6.61 Å². The highest BCUT2D eigenvalue weighted by atomic mass is 79.9. The van der Waals surface area contributed by atoms with Gasteiger partial charge in [0.15, 0.2) is 0 Å². The zero-order chi connectivity index (χ0) is 11.5. The molecule has 0 amide bonds. The number of hydrogen-bond donors (Lipinski definition) is 0. The van der Waals surface area contributed by atoms with Crippen molar-refractivity contribution in [1.82, 2.24) is 4.57 Å². The van der Waals surface area contributed by atoms with Gasteiger partial charge in [-0.1, -0.05) is 0 Å². The van der Waals surface area contributed by atoms with E-state index in [0.29, 0.717) is 11.0 Å². The molecule has 1 aromatic heterocycles. The summed E-state index contributed by atoms with van der Waals surface area (Å²) in [6, 6.07) is 1.90. The van der Waals surface area contributed by atoms with Crippen LogP contribution in [0.5, 0.6) is 0 Å². The van der Waals surface area contributed by atoms with E-state index in [-0.39, 0.29) is 17.1 Å². The van der Waals surface area contributed by atoms with Gasteiger partial charge < -0.3 is 9.30 Å². The lowest BCUT2D eigenvalue weighted by atomic mass is 10.2. The van der Waals surface area contributed by atoms with Crippen LogP contribution in [0.3, 0.4) is 0 Å². The Kier molecular flexibility index (Phi) is 3.42. The molecule has 0 aliphatic carbocycles. The minimum Gasteiger partial charge on any atom is -0.376 e. The first-order chi connectivity index (χ1) is 7.70. The van der Waals surface area contributed by atoms with E-state index in [1.807, 2.05) is 10.6 Å². The monoisotopic (exact) mass is 282 g/mol. The smallest absolute Gasteiger partial charge is 0.213 e. The maximum absolute atomic E-state index is 11.5. The largest absolute Gasteiger partial charge is 0.376 e. The van der Waals surface area contributed by atoms with Crippen LogP contribution in [0.1, 0.15) is 18.4 Å². The summed E-state index contributed by atoms with van der Waals surface area (Å²) in [6.45, 7) is 1.49. The van der Waals surface area contributed by atoms with Gasteiger partial charge in [0.25, 0.3) is 0 Å². The van der Waals surface area contributed by atoms with Crippen LogP contribution >= 0.6 is 15.9 Å². The van der Waals surface area contributed by atoms with Crippen molar-refractivity contribution in [2.24, 2.45) is 0 Å². The van der Waals surface area contributed by atoms with Gasteiger partial charge in [-0.25, -0.2) is 0 Å². The van der Waals surface area contributed by atoms with Crippen LogP contribution in [-0.2, 0) is 11.3 Å². The molecule has 0 radical (unpaired) electrons. The Bertz CT molecular complexity index is 484. The third-order valence-electron chi connectivity index (χ3n) is 2.59. The Morgan fingerprint density at radius 1 is 1.62 bits per heavy atom. The van der Waals surface area contributed by atoms with E-state index in [1.54, 1.807) is 12.4 Å². The molecule has 5 heteroatoms. The molecule has 2 rings (SSSR count). The normalized spacial score (nSPS) is 19.6. The molecular formula is C11H11BrN2O2. The van der Waals surface area contributed by atoms with Gasteiger partial charge in [-0.2, -0.15) is 5.26 Å². The fraction of sp³-hybridized carbons (Fsp3) is 0.455. The highest BCUT2D eigenvalue weighted by Crippen LogP contribution is 2.15. The fourth-order valence-electron chi connectivity index (χ4n) is 1.80. The van der Waals surface area contributed by atoms with Gasteiger partial charge in [0.05, 0.1) is 10.6 Å². The highest BCUT2D eigenvalue weighted by molar-refractivity contribution is 9.10. The molecule has 1 saturated heterocycles.